The molecular weight excluding hydrogens is 448 g/mol. The maximum Gasteiger partial charge on any atom is 0.0285 e. The average molecular weight is 488 g/mol. The van der Waals surface area contributed by atoms with Gasteiger partial charge in [-0.05, 0) is 46.9 Å². The van der Waals surface area contributed by atoms with Gasteiger partial charge in [0, 0.05) is 10.7 Å². The Morgan fingerprint density at radius 3 is 1.31 bits per heavy atom. The molecule has 0 bridgehead atoms. The molecule has 26 heavy (non-hydrogen) atoms. The van der Waals surface area contributed by atoms with Gasteiger partial charge in [0.1, 0.15) is 0 Å². The Morgan fingerprint density at radius 2 is 1.04 bits per heavy atom. The van der Waals surface area contributed by atoms with Crippen LogP contribution >= 0.6 is 31.9 Å². The van der Waals surface area contributed by atoms with Gasteiger partial charge >= 0.3 is 0 Å². The van der Waals surface area contributed by atoms with Crippen molar-refractivity contribution in [3.05, 3.63) is 34.4 Å². The molecular formula is C24H40Br2. The van der Waals surface area contributed by atoms with Gasteiger partial charge in [-0.15, -0.1) is 0 Å². The first kappa shape index (κ1) is 24.2. The molecule has 150 valence electrons. The van der Waals surface area contributed by atoms with E-state index in [1.54, 1.807) is 11.1 Å². The molecule has 0 N–H and O–H groups in total. The van der Waals surface area contributed by atoms with E-state index >= 15 is 0 Å². The molecule has 0 aromatic heterocycles. The fraction of sp³-hybridized carbons (Fsp3) is 0.750. The molecule has 0 nitrogen and oxygen atoms in total. The predicted octanol–water partition coefficient (Wildman–Crippen LogP) is 8.99. The van der Waals surface area contributed by atoms with E-state index in [1.807, 2.05) is 0 Å². The van der Waals surface area contributed by atoms with Crippen molar-refractivity contribution in [2.75, 3.05) is 0 Å². The van der Waals surface area contributed by atoms with Gasteiger partial charge in [-0.3, -0.25) is 0 Å². The van der Waals surface area contributed by atoms with Gasteiger partial charge in [-0.2, -0.15) is 0 Å². The van der Waals surface area contributed by atoms with Crippen molar-refractivity contribution in [1.29, 1.82) is 0 Å². The van der Waals surface area contributed by atoms with E-state index in [9.17, 15) is 0 Å². The maximum atomic E-state index is 3.77. The number of unbranched alkanes of at least 4 members (excludes halogenated alkanes) is 2. The lowest BCUT2D eigenvalue weighted by Gasteiger charge is -2.21. The zero-order valence-electron chi connectivity index (χ0n) is 17.6. The largest absolute Gasteiger partial charge is 0.0876 e. The highest BCUT2D eigenvalue weighted by Crippen LogP contribution is 2.29. The molecule has 2 heteroatoms. The summed E-state index contributed by atoms with van der Waals surface area (Å²) in [5.74, 6) is 1.66. The van der Waals surface area contributed by atoms with Crippen molar-refractivity contribution in [1.82, 2.24) is 0 Å². The third-order valence-corrected chi connectivity index (χ3v) is 7.12. The van der Waals surface area contributed by atoms with Crippen LogP contribution in [0.25, 0.3) is 0 Å². The van der Waals surface area contributed by atoms with Crippen LogP contribution < -0.4 is 0 Å². The third-order valence-electron chi connectivity index (χ3n) is 5.91. The second-order valence-corrected chi connectivity index (χ2v) is 9.02. The smallest absolute Gasteiger partial charge is 0.0285 e. The van der Waals surface area contributed by atoms with Gasteiger partial charge in [0.2, 0.25) is 0 Å². The van der Waals surface area contributed by atoms with Crippen LogP contribution in [0.15, 0.2) is 12.1 Å². The van der Waals surface area contributed by atoms with E-state index in [4.69, 9.17) is 0 Å². The van der Waals surface area contributed by atoms with Crippen molar-refractivity contribution in [3.63, 3.8) is 0 Å². The molecule has 1 aromatic carbocycles. The van der Waals surface area contributed by atoms with Crippen molar-refractivity contribution < 1.29 is 0 Å². The standard InChI is InChI=1S/C24H40Br2/c1-5-9-11-19(7-3)13-21-15-24(18-26)22(16-23(21)17-25)14-20(8-4)12-10-6-2/h15-16,19-20H,5-14,17-18H2,1-4H3. The minimum atomic E-state index is 0.828. The van der Waals surface area contributed by atoms with E-state index in [-0.39, 0.29) is 0 Å². The van der Waals surface area contributed by atoms with E-state index in [1.165, 1.54) is 75.3 Å². The molecule has 0 aliphatic heterocycles. The first-order valence-electron chi connectivity index (χ1n) is 10.9. The summed E-state index contributed by atoms with van der Waals surface area (Å²) in [6.07, 6.45) is 13.2. The first-order chi connectivity index (χ1) is 12.6. The van der Waals surface area contributed by atoms with Crippen molar-refractivity contribution in [2.45, 2.75) is 103 Å². The summed E-state index contributed by atoms with van der Waals surface area (Å²) in [4.78, 5) is 0. The zero-order chi connectivity index (χ0) is 19.4. The van der Waals surface area contributed by atoms with E-state index in [0.717, 1.165) is 22.5 Å². The highest BCUT2D eigenvalue weighted by molar-refractivity contribution is 9.08. The van der Waals surface area contributed by atoms with E-state index < -0.39 is 0 Å². The Morgan fingerprint density at radius 1 is 0.654 bits per heavy atom. The maximum absolute atomic E-state index is 3.77. The lowest BCUT2D eigenvalue weighted by atomic mass is 9.85. The minimum absolute atomic E-state index is 0.828. The molecule has 1 aromatic rings. The highest BCUT2D eigenvalue weighted by atomic mass is 79.9. The summed E-state index contributed by atoms with van der Waals surface area (Å²) in [5.41, 5.74) is 6.18. The van der Waals surface area contributed by atoms with Crippen LogP contribution in [-0.2, 0) is 23.5 Å². The van der Waals surface area contributed by atoms with Crippen LogP contribution in [0.1, 0.15) is 101 Å². The Balaban J connectivity index is 3.01. The Kier molecular flexibility index (Phi) is 13.2. The SMILES string of the molecule is CCCCC(CC)Cc1cc(CBr)c(CC(CC)CCCC)cc1CBr. The molecule has 0 aliphatic carbocycles. The molecule has 0 fully saturated rings. The second-order valence-electron chi connectivity index (χ2n) is 7.90. The lowest BCUT2D eigenvalue weighted by Crippen LogP contribution is -2.10. The van der Waals surface area contributed by atoms with Crippen molar-refractivity contribution in [2.24, 2.45) is 11.8 Å². The average Bonchev–Trinajstić information content (AvgIpc) is 2.68. The monoisotopic (exact) mass is 486 g/mol. The van der Waals surface area contributed by atoms with Gasteiger partial charge in [-0.25, -0.2) is 0 Å². The summed E-state index contributed by atoms with van der Waals surface area (Å²) in [6, 6.07) is 5.03. The Hall–Kier alpha value is 0.180. The lowest BCUT2D eigenvalue weighted by molar-refractivity contribution is 0.445. The first-order valence-corrected chi connectivity index (χ1v) is 13.1. The number of halogens is 2. The summed E-state index contributed by atoms with van der Waals surface area (Å²) < 4.78 is 0. The summed E-state index contributed by atoms with van der Waals surface area (Å²) in [6.45, 7) is 9.31. The van der Waals surface area contributed by atoms with Gasteiger partial charge in [0.05, 0.1) is 0 Å². The van der Waals surface area contributed by atoms with Gasteiger partial charge in [0.25, 0.3) is 0 Å². The molecule has 0 saturated heterocycles. The Labute approximate surface area is 180 Å². The normalized spacial score (nSPS) is 13.8. The second kappa shape index (κ2) is 14.2. The third kappa shape index (κ3) is 8.05. The number of alkyl halides is 2. The summed E-state index contributed by atoms with van der Waals surface area (Å²) in [5, 5.41) is 1.96. The molecule has 1 rings (SSSR count). The molecule has 0 amide bonds. The molecule has 0 heterocycles. The van der Waals surface area contributed by atoms with Crippen LogP contribution in [0.2, 0.25) is 0 Å². The van der Waals surface area contributed by atoms with E-state index in [0.29, 0.717) is 0 Å². The van der Waals surface area contributed by atoms with Crippen LogP contribution in [0, 0.1) is 11.8 Å². The van der Waals surface area contributed by atoms with Crippen molar-refractivity contribution in [3.8, 4) is 0 Å². The minimum Gasteiger partial charge on any atom is -0.0876 e. The number of rotatable bonds is 14. The molecule has 0 saturated carbocycles. The van der Waals surface area contributed by atoms with Crippen LogP contribution in [0.5, 0.6) is 0 Å². The van der Waals surface area contributed by atoms with Gasteiger partial charge in [0.15, 0.2) is 0 Å². The Bertz CT molecular complexity index is 449. The molecule has 2 unspecified atom stereocenters. The topological polar surface area (TPSA) is 0 Å². The van der Waals surface area contributed by atoms with E-state index in [2.05, 4.69) is 71.7 Å². The van der Waals surface area contributed by atoms with Crippen LogP contribution in [0.4, 0.5) is 0 Å². The molecule has 0 radical (unpaired) electrons. The predicted molar refractivity (Wildman–Crippen MR) is 126 cm³/mol. The van der Waals surface area contributed by atoms with Crippen LogP contribution in [-0.4, -0.2) is 0 Å². The number of benzene rings is 1. The highest BCUT2D eigenvalue weighted by Gasteiger charge is 2.16. The van der Waals surface area contributed by atoms with Crippen LogP contribution in [0.3, 0.4) is 0 Å². The fourth-order valence-corrected chi connectivity index (χ4v) is 4.97. The summed E-state index contributed by atoms with van der Waals surface area (Å²) in [7, 11) is 0. The summed E-state index contributed by atoms with van der Waals surface area (Å²) >= 11 is 7.53. The number of hydrogen-bond acceptors (Lipinski definition) is 0. The number of hydrogen-bond donors (Lipinski definition) is 0. The molecule has 0 aliphatic rings. The zero-order valence-corrected chi connectivity index (χ0v) is 20.7. The van der Waals surface area contributed by atoms with Gasteiger partial charge < -0.3 is 0 Å². The van der Waals surface area contributed by atoms with Crippen molar-refractivity contribution >= 4 is 31.9 Å². The quantitative estimate of drug-likeness (QED) is 0.229. The molecule has 2 atom stereocenters. The van der Waals surface area contributed by atoms with Gasteiger partial charge in [-0.1, -0.05) is 123 Å². The fourth-order valence-electron chi connectivity index (χ4n) is 3.93. The molecule has 0 spiro atoms.